The molecule has 1 amide bonds. The average molecular weight is 386 g/mol. The number of phenolic OH excluding ortho intramolecular Hbond substituents is 1. The number of nitrogens with zero attached hydrogens (tertiary/aromatic N) is 5. The van der Waals surface area contributed by atoms with Crippen LogP contribution in [0.4, 0.5) is 11.9 Å². The molecule has 2 aliphatic rings. The molecule has 148 valence electrons. The van der Waals surface area contributed by atoms with Crippen LogP contribution in [0.25, 0.3) is 11.4 Å². The molecule has 0 bridgehead atoms. The van der Waals surface area contributed by atoms with Gasteiger partial charge >= 0.3 is 0 Å². The number of anilines is 2. The number of carbonyl (C=O) groups is 1. The van der Waals surface area contributed by atoms with E-state index in [0.29, 0.717) is 75.9 Å². The summed E-state index contributed by atoms with van der Waals surface area (Å²) in [6.07, 6.45) is 0. The highest BCUT2D eigenvalue weighted by atomic mass is 16.5. The van der Waals surface area contributed by atoms with E-state index in [2.05, 4.69) is 15.0 Å². The first-order valence-corrected chi connectivity index (χ1v) is 9.16. The van der Waals surface area contributed by atoms with Crippen LogP contribution in [0, 0.1) is 0 Å². The van der Waals surface area contributed by atoms with Gasteiger partial charge in [0, 0.05) is 37.3 Å². The molecule has 0 atom stereocenters. The number of primary amides is 1. The Morgan fingerprint density at radius 3 is 1.93 bits per heavy atom. The lowest BCUT2D eigenvalue weighted by molar-refractivity contribution is 0.1000. The molecule has 0 unspecified atom stereocenters. The fraction of sp³-hybridized carbons (Fsp3) is 0.444. The number of aromatic hydroxyl groups is 1. The van der Waals surface area contributed by atoms with Crippen LogP contribution in [0.15, 0.2) is 18.2 Å². The highest BCUT2D eigenvalue weighted by Gasteiger charge is 2.21. The largest absolute Gasteiger partial charge is 0.508 e. The van der Waals surface area contributed by atoms with Gasteiger partial charge in [-0.15, -0.1) is 0 Å². The van der Waals surface area contributed by atoms with Crippen LogP contribution in [-0.2, 0) is 9.47 Å². The maximum atomic E-state index is 11.6. The number of hydrogen-bond donors (Lipinski definition) is 2. The van der Waals surface area contributed by atoms with E-state index in [4.69, 9.17) is 15.2 Å². The van der Waals surface area contributed by atoms with E-state index >= 15 is 0 Å². The summed E-state index contributed by atoms with van der Waals surface area (Å²) in [4.78, 5) is 29.5. The van der Waals surface area contributed by atoms with Gasteiger partial charge in [-0.2, -0.15) is 15.0 Å². The monoisotopic (exact) mass is 386 g/mol. The SMILES string of the molecule is NC(=O)c1cc(O)cc(-c2nc(N3CCOCC3)nc(N3CCOCC3)n2)c1. The van der Waals surface area contributed by atoms with E-state index in [0.717, 1.165) is 0 Å². The fourth-order valence-electron chi connectivity index (χ4n) is 3.18. The number of morpholine rings is 2. The third kappa shape index (κ3) is 3.97. The molecule has 0 aliphatic carbocycles. The summed E-state index contributed by atoms with van der Waals surface area (Å²) in [5.74, 6) is 0.745. The zero-order valence-corrected chi connectivity index (χ0v) is 15.4. The number of benzene rings is 1. The summed E-state index contributed by atoms with van der Waals surface area (Å²) >= 11 is 0. The van der Waals surface area contributed by atoms with E-state index in [1.807, 2.05) is 9.80 Å². The number of amides is 1. The molecule has 0 radical (unpaired) electrons. The molecular formula is C18H22N6O4. The number of nitrogens with two attached hydrogens (primary N) is 1. The molecule has 0 spiro atoms. The molecular weight excluding hydrogens is 364 g/mol. The van der Waals surface area contributed by atoms with Gasteiger partial charge in [0.05, 0.1) is 26.4 Å². The minimum atomic E-state index is -0.631. The molecule has 2 saturated heterocycles. The summed E-state index contributed by atoms with van der Waals surface area (Å²) in [7, 11) is 0. The number of hydrogen-bond acceptors (Lipinski definition) is 9. The van der Waals surface area contributed by atoms with Crippen molar-refractivity contribution >= 4 is 17.8 Å². The van der Waals surface area contributed by atoms with E-state index in [9.17, 15) is 9.90 Å². The van der Waals surface area contributed by atoms with E-state index in [-0.39, 0.29) is 11.3 Å². The maximum absolute atomic E-state index is 11.6. The normalized spacial score (nSPS) is 17.6. The number of aromatic nitrogens is 3. The van der Waals surface area contributed by atoms with Crippen LogP contribution in [0.5, 0.6) is 5.75 Å². The first kappa shape index (κ1) is 18.4. The van der Waals surface area contributed by atoms with Crippen molar-refractivity contribution in [1.29, 1.82) is 0 Å². The summed E-state index contributed by atoms with van der Waals surface area (Å²) in [5.41, 5.74) is 6.07. The Bertz CT molecular complexity index is 829. The van der Waals surface area contributed by atoms with Crippen LogP contribution in [-0.4, -0.2) is 78.6 Å². The van der Waals surface area contributed by atoms with Crippen molar-refractivity contribution in [2.75, 3.05) is 62.4 Å². The lowest BCUT2D eigenvalue weighted by atomic mass is 10.1. The molecule has 10 nitrogen and oxygen atoms in total. The van der Waals surface area contributed by atoms with Gasteiger partial charge in [0.2, 0.25) is 17.8 Å². The van der Waals surface area contributed by atoms with Gasteiger partial charge < -0.3 is 30.1 Å². The van der Waals surface area contributed by atoms with Gasteiger partial charge in [-0.3, -0.25) is 4.79 Å². The van der Waals surface area contributed by atoms with Gasteiger partial charge in [-0.25, -0.2) is 0 Å². The van der Waals surface area contributed by atoms with Gasteiger partial charge in [-0.05, 0) is 18.2 Å². The molecule has 2 aliphatic heterocycles. The predicted octanol–water partition coefficient (Wildman–Crippen LogP) is 0.0163. The molecule has 2 fully saturated rings. The summed E-state index contributed by atoms with van der Waals surface area (Å²) in [6.45, 7) is 5.13. The Kier molecular flexibility index (Phi) is 5.22. The first-order chi connectivity index (χ1) is 13.6. The molecule has 0 saturated carbocycles. The first-order valence-electron chi connectivity index (χ1n) is 9.16. The molecule has 28 heavy (non-hydrogen) atoms. The van der Waals surface area contributed by atoms with Crippen LogP contribution < -0.4 is 15.5 Å². The number of rotatable bonds is 4. The van der Waals surface area contributed by atoms with Crippen molar-refractivity contribution in [3.63, 3.8) is 0 Å². The van der Waals surface area contributed by atoms with Crippen molar-refractivity contribution in [2.24, 2.45) is 5.73 Å². The third-order valence-electron chi connectivity index (χ3n) is 4.66. The number of carbonyl (C=O) groups excluding carboxylic acids is 1. The quantitative estimate of drug-likeness (QED) is 0.747. The van der Waals surface area contributed by atoms with Crippen LogP contribution >= 0.6 is 0 Å². The lowest BCUT2D eigenvalue weighted by Gasteiger charge is -2.30. The Morgan fingerprint density at radius 2 is 1.43 bits per heavy atom. The Balaban J connectivity index is 1.78. The summed E-state index contributed by atoms with van der Waals surface area (Å²) in [6, 6.07) is 4.40. The topological polar surface area (TPSA) is 127 Å². The zero-order valence-electron chi connectivity index (χ0n) is 15.4. The zero-order chi connectivity index (χ0) is 19.5. The molecule has 2 aromatic rings. The maximum Gasteiger partial charge on any atom is 0.248 e. The van der Waals surface area contributed by atoms with Crippen LogP contribution in [0.3, 0.4) is 0 Å². The summed E-state index contributed by atoms with van der Waals surface area (Å²) < 4.78 is 10.8. The molecule has 10 heteroatoms. The van der Waals surface area contributed by atoms with Crippen LogP contribution in [0.2, 0.25) is 0 Å². The molecule has 1 aromatic heterocycles. The Hall–Kier alpha value is -2.98. The molecule has 4 rings (SSSR count). The third-order valence-corrected chi connectivity index (χ3v) is 4.66. The average Bonchev–Trinajstić information content (AvgIpc) is 2.74. The second-order valence-electron chi connectivity index (χ2n) is 6.59. The van der Waals surface area contributed by atoms with Gasteiger partial charge in [0.15, 0.2) is 5.82 Å². The second-order valence-corrected chi connectivity index (χ2v) is 6.59. The van der Waals surface area contributed by atoms with Crippen molar-refractivity contribution in [3.05, 3.63) is 23.8 Å². The van der Waals surface area contributed by atoms with Crippen molar-refractivity contribution < 1.29 is 19.4 Å². The van der Waals surface area contributed by atoms with Gasteiger partial charge in [-0.1, -0.05) is 0 Å². The minimum absolute atomic E-state index is 0.0763. The van der Waals surface area contributed by atoms with E-state index in [1.54, 1.807) is 6.07 Å². The van der Waals surface area contributed by atoms with E-state index < -0.39 is 5.91 Å². The van der Waals surface area contributed by atoms with Gasteiger partial charge in [0.1, 0.15) is 5.75 Å². The fourth-order valence-corrected chi connectivity index (χ4v) is 3.18. The van der Waals surface area contributed by atoms with Crippen molar-refractivity contribution in [2.45, 2.75) is 0 Å². The van der Waals surface area contributed by atoms with Crippen molar-refractivity contribution in [1.82, 2.24) is 15.0 Å². The highest BCUT2D eigenvalue weighted by Crippen LogP contribution is 2.26. The predicted molar refractivity (Wildman–Crippen MR) is 102 cm³/mol. The highest BCUT2D eigenvalue weighted by molar-refractivity contribution is 5.94. The molecule has 1 aromatic carbocycles. The smallest absolute Gasteiger partial charge is 0.248 e. The summed E-state index contributed by atoms with van der Waals surface area (Å²) in [5, 5.41) is 10.0. The Labute approximate surface area is 161 Å². The lowest BCUT2D eigenvalue weighted by Crippen LogP contribution is -2.40. The van der Waals surface area contributed by atoms with Gasteiger partial charge in [0.25, 0.3) is 0 Å². The standard InChI is InChI=1S/C18H22N6O4/c19-15(26)12-9-13(11-14(25)10-12)16-20-17(23-1-5-27-6-2-23)22-18(21-16)24-3-7-28-8-4-24/h9-11,25H,1-8H2,(H2,19,26). The Morgan fingerprint density at radius 1 is 0.893 bits per heavy atom. The molecule has 3 N–H and O–H groups in total. The number of phenols is 1. The number of ether oxygens (including phenoxy) is 2. The van der Waals surface area contributed by atoms with E-state index in [1.165, 1.54) is 12.1 Å². The second kappa shape index (κ2) is 7.95. The minimum Gasteiger partial charge on any atom is -0.508 e. The van der Waals surface area contributed by atoms with Crippen molar-refractivity contribution in [3.8, 4) is 17.1 Å². The van der Waals surface area contributed by atoms with Crippen LogP contribution in [0.1, 0.15) is 10.4 Å². The molecule has 3 heterocycles.